The number of furan rings is 1. The summed E-state index contributed by atoms with van der Waals surface area (Å²) in [6, 6.07) is 5.16. The third-order valence-electron chi connectivity index (χ3n) is 2.92. The van der Waals surface area contributed by atoms with Crippen LogP contribution < -0.4 is 10.6 Å². The van der Waals surface area contributed by atoms with Gasteiger partial charge in [-0.3, -0.25) is 14.9 Å². The van der Waals surface area contributed by atoms with Crippen LogP contribution in [0.2, 0.25) is 0 Å². The number of aromatic nitrogens is 3. The molecule has 24 heavy (non-hydrogen) atoms. The molecule has 8 nitrogen and oxygen atoms in total. The topological polar surface area (TPSA) is 110 Å². The molecule has 2 N–H and O–H groups in total. The normalized spacial score (nSPS) is 10.3. The number of amides is 2. The van der Waals surface area contributed by atoms with Crippen molar-refractivity contribution in [1.29, 1.82) is 0 Å². The molecule has 0 bridgehead atoms. The Hall–Kier alpha value is -3.07. The number of carbonyl (C=O) groups is 2. The predicted molar refractivity (Wildman–Crippen MR) is 86.4 cm³/mol. The van der Waals surface area contributed by atoms with Gasteiger partial charge in [0.05, 0.1) is 24.9 Å². The third-order valence-corrected chi connectivity index (χ3v) is 3.73. The van der Waals surface area contributed by atoms with Gasteiger partial charge < -0.3 is 9.73 Å². The first-order valence-electron chi connectivity index (χ1n) is 7.02. The monoisotopic (exact) mass is 343 g/mol. The Labute approximate surface area is 141 Å². The molecule has 0 aliphatic rings. The summed E-state index contributed by atoms with van der Waals surface area (Å²) in [6.07, 6.45) is 4.64. The van der Waals surface area contributed by atoms with Crippen molar-refractivity contribution < 1.29 is 14.0 Å². The van der Waals surface area contributed by atoms with E-state index in [1.165, 1.54) is 23.7 Å². The Morgan fingerprint density at radius 1 is 1.21 bits per heavy atom. The maximum absolute atomic E-state index is 11.9. The fourth-order valence-electron chi connectivity index (χ4n) is 1.84. The Kier molecular flexibility index (Phi) is 4.92. The van der Waals surface area contributed by atoms with Gasteiger partial charge in [0.2, 0.25) is 11.7 Å². The minimum atomic E-state index is -0.446. The van der Waals surface area contributed by atoms with Crippen LogP contribution in [0.25, 0.3) is 0 Å². The van der Waals surface area contributed by atoms with Gasteiger partial charge in [0, 0.05) is 17.8 Å². The largest absolute Gasteiger partial charge is 0.467 e. The van der Waals surface area contributed by atoms with Crippen LogP contribution in [0.15, 0.2) is 46.7 Å². The van der Waals surface area contributed by atoms with Crippen molar-refractivity contribution in [2.45, 2.75) is 13.0 Å². The van der Waals surface area contributed by atoms with Crippen LogP contribution in [0.5, 0.6) is 0 Å². The van der Waals surface area contributed by atoms with Crippen molar-refractivity contribution in [2.24, 2.45) is 0 Å². The maximum atomic E-state index is 11.9. The van der Waals surface area contributed by atoms with Gasteiger partial charge in [0.25, 0.3) is 5.91 Å². The Balaban J connectivity index is 1.51. The van der Waals surface area contributed by atoms with Crippen molar-refractivity contribution in [1.82, 2.24) is 20.3 Å². The van der Waals surface area contributed by atoms with Crippen molar-refractivity contribution in [2.75, 3.05) is 5.32 Å². The fourth-order valence-corrected chi connectivity index (χ4v) is 2.55. The van der Waals surface area contributed by atoms with Crippen LogP contribution >= 0.6 is 11.3 Å². The van der Waals surface area contributed by atoms with Crippen LogP contribution in [-0.4, -0.2) is 26.8 Å². The Morgan fingerprint density at radius 2 is 2.04 bits per heavy atom. The van der Waals surface area contributed by atoms with E-state index in [9.17, 15) is 9.59 Å². The molecule has 3 aromatic rings. The van der Waals surface area contributed by atoms with Crippen molar-refractivity contribution in [3.05, 3.63) is 59.5 Å². The molecule has 0 aliphatic heterocycles. The van der Waals surface area contributed by atoms with Gasteiger partial charge in [-0.15, -0.1) is 11.3 Å². The van der Waals surface area contributed by atoms with Gasteiger partial charge in [-0.2, -0.15) is 0 Å². The molecule has 122 valence electrons. The summed E-state index contributed by atoms with van der Waals surface area (Å²) in [6.45, 7) is 0.324. The lowest BCUT2D eigenvalue weighted by Gasteiger charge is -2.01. The van der Waals surface area contributed by atoms with Crippen molar-refractivity contribution >= 4 is 28.3 Å². The summed E-state index contributed by atoms with van der Waals surface area (Å²) in [7, 11) is 0. The quantitative estimate of drug-likeness (QED) is 0.704. The third kappa shape index (κ3) is 4.23. The number of anilines is 1. The molecule has 0 aromatic carbocycles. The summed E-state index contributed by atoms with van der Waals surface area (Å²) in [5.74, 6) is 0.114. The van der Waals surface area contributed by atoms with Gasteiger partial charge in [0.15, 0.2) is 5.13 Å². The van der Waals surface area contributed by atoms with Crippen LogP contribution in [0.4, 0.5) is 5.13 Å². The highest BCUT2D eigenvalue weighted by molar-refractivity contribution is 7.14. The molecule has 0 unspecified atom stereocenters. The fraction of sp³-hybridized carbons (Fsp3) is 0.133. The van der Waals surface area contributed by atoms with E-state index in [1.54, 1.807) is 29.8 Å². The molecule has 0 atom stereocenters. The number of hydrogen-bond acceptors (Lipinski definition) is 7. The predicted octanol–water partition coefficient (Wildman–Crippen LogP) is 1.64. The molecule has 0 radical (unpaired) electrons. The molecule has 3 aromatic heterocycles. The molecule has 9 heteroatoms. The number of nitrogens with zero attached hydrogens (tertiary/aromatic N) is 3. The lowest BCUT2D eigenvalue weighted by atomic mass is 10.3. The van der Waals surface area contributed by atoms with Crippen LogP contribution in [0.1, 0.15) is 22.1 Å². The molecular formula is C15H13N5O3S. The van der Waals surface area contributed by atoms with E-state index in [1.807, 2.05) is 0 Å². The molecule has 0 fully saturated rings. The number of nitrogens with one attached hydrogen (secondary N) is 2. The zero-order valence-electron chi connectivity index (χ0n) is 12.4. The second-order valence-corrected chi connectivity index (χ2v) is 5.56. The van der Waals surface area contributed by atoms with Gasteiger partial charge >= 0.3 is 0 Å². The highest BCUT2D eigenvalue weighted by atomic mass is 32.1. The number of rotatable bonds is 6. The summed E-state index contributed by atoms with van der Waals surface area (Å²) in [4.78, 5) is 35.7. The summed E-state index contributed by atoms with van der Waals surface area (Å²) in [5, 5.41) is 7.44. The SMILES string of the molecule is O=C(Cc1csc(NC(=O)c2ncccn2)n1)NCc1ccco1. The minimum absolute atomic E-state index is 0.0606. The highest BCUT2D eigenvalue weighted by Crippen LogP contribution is 2.16. The van der Waals surface area contributed by atoms with Crippen LogP contribution in [0, 0.1) is 0 Å². The average Bonchev–Trinajstić information content (AvgIpc) is 3.26. The number of hydrogen-bond donors (Lipinski definition) is 2. The smallest absolute Gasteiger partial charge is 0.295 e. The molecule has 0 saturated heterocycles. The second kappa shape index (κ2) is 7.47. The van der Waals surface area contributed by atoms with Gasteiger partial charge in [-0.25, -0.2) is 15.0 Å². The summed E-state index contributed by atoms with van der Waals surface area (Å²) >= 11 is 1.23. The highest BCUT2D eigenvalue weighted by Gasteiger charge is 2.12. The Morgan fingerprint density at radius 3 is 2.79 bits per heavy atom. The zero-order chi connectivity index (χ0) is 16.8. The molecule has 0 aliphatic carbocycles. The van der Waals surface area contributed by atoms with Gasteiger partial charge in [0.1, 0.15) is 5.76 Å². The standard InChI is InChI=1S/C15H13N5O3S/c21-12(18-8-11-3-1-6-23-11)7-10-9-24-15(19-10)20-14(22)13-16-4-2-5-17-13/h1-6,9H,7-8H2,(H,18,21)(H,19,20,22). The Bertz CT molecular complexity index is 817. The minimum Gasteiger partial charge on any atom is -0.467 e. The lowest BCUT2D eigenvalue weighted by Crippen LogP contribution is -2.24. The van der Waals surface area contributed by atoms with E-state index in [4.69, 9.17) is 4.42 Å². The molecule has 0 spiro atoms. The lowest BCUT2D eigenvalue weighted by molar-refractivity contribution is -0.120. The van der Waals surface area contributed by atoms with E-state index in [-0.39, 0.29) is 18.2 Å². The average molecular weight is 343 g/mol. The first kappa shape index (κ1) is 15.8. The maximum Gasteiger partial charge on any atom is 0.295 e. The van der Waals surface area contributed by atoms with E-state index < -0.39 is 5.91 Å². The van der Waals surface area contributed by atoms with E-state index in [0.717, 1.165) is 0 Å². The van der Waals surface area contributed by atoms with Crippen molar-refractivity contribution in [3.8, 4) is 0 Å². The number of thiazole rings is 1. The zero-order valence-corrected chi connectivity index (χ0v) is 13.2. The summed E-state index contributed by atoms with van der Waals surface area (Å²) < 4.78 is 5.14. The van der Waals surface area contributed by atoms with Gasteiger partial charge in [-0.1, -0.05) is 0 Å². The molecule has 3 heterocycles. The number of carbonyl (C=O) groups excluding carboxylic acids is 2. The second-order valence-electron chi connectivity index (χ2n) is 4.70. The molecule has 0 saturated carbocycles. The summed E-state index contributed by atoms with van der Waals surface area (Å²) in [5.41, 5.74) is 0.571. The first-order valence-corrected chi connectivity index (χ1v) is 7.90. The van der Waals surface area contributed by atoms with E-state index >= 15 is 0 Å². The molecular weight excluding hydrogens is 330 g/mol. The van der Waals surface area contributed by atoms with Crippen LogP contribution in [0.3, 0.4) is 0 Å². The van der Waals surface area contributed by atoms with Gasteiger partial charge in [-0.05, 0) is 18.2 Å². The molecule has 2 amide bonds. The molecule has 3 rings (SSSR count). The van der Waals surface area contributed by atoms with E-state index in [2.05, 4.69) is 25.6 Å². The van der Waals surface area contributed by atoms with E-state index in [0.29, 0.717) is 23.1 Å². The van der Waals surface area contributed by atoms with Crippen molar-refractivity contribution in [3.63, 3.8) is 0 Å². The first-order chi connectivity index (χ1) is 11.7. The van der Waals surface area contributed by atoms with Crippen LogP contribution in [-0.2, 0) is 17.8 Å².